The molecule has 0 unspecified atom stereocenters. The lowest BCUT2D eigenvalue weighted by Crippen LogP contribution is -2.42. The second-order valence-corrected chi connectivity index (χ2v) is 7.41. The van der Waals surface area contributed by atoms with Gasteiger partial charge in [0.1, 0.15) is 18.1 Å². The van der Waals surface area contributed by atoms with E-state index in [0.29, 0.717) is 36.0 Å². The van der Waals surface area contributed by atoms with Crippen LogP contribution in [-0.2, 0) is 0 Å². The molecule has 4 heterocycles. The molecule has 1 saturated heterocycles. The first kappa shape index (κ1) is 18.0. The number of rotatable bonds is 2. The summed E-state index contributed by atoms with van der Waals surface area (Å²) < 4.78 is 1.68. The van der Waals surface area contributed by atoms with Crippen LogP contribution in [0.4, 0.5) is 0 Å². The Kier molecular flexibility index (Phi) is 4.51. The number of hydrogen-bond acceptors (Lipinski definition) is 6. The molecule has 1 aliphatic heterocycles. The molecule has 1 fully saturated rings. The maximum absolute atomic E-state index is 13.1. The predicted molar refractivity (Wildman–Crippen MR) is 102 cm³/mol. The first-order chi connectivity index (χ1) is 13.5. The summed E-state index contributed by atoms with van der Waals surface area (Å²) in [7, 11) is 0. The van der Waals surface area contributed by atoms with Crippen LogP contribution in [0.15, 0.2) is 24.5 Å². The molecule has 2 atom stereocenters. The minimum Gasteiger partial charge on any atom is -0.338 e. The molecule has 0 aliphatic carbocycles. The Hall–Kier alpha value is -3.34. The van der Waals surface area contributed by atoms with Crippen LogP contribution < -0.4 is 0 Å². The lowest BCUT2D eigenvalue weighted by Gasteiger charge is -2.37. The van der Waals surface area contributed by atoms with Gasteiger partial charge in [-0.25, -0.2) is 9.50 Å². The summed E-state index contributed by atoms with van der Waals surface area (Å²) in [6.45, 7) is 7.22. The zero-order valence-electron chi connectivity index (χ0n) is 16.1. The van der Waals surface area contributed by atoms with Crippen molar-refractivity contribution in [1.82, 2.24) is 29.5 Å². The number of likely N-dealkylation sites (tertiary alicyclic amines) is 1. The van der Waals surface area contributed by atoms with Crippen LogP contribution in [0.25, 0.3) is 5.78 Å². The molecule has 4 rings (SSSR count). The van der Waals surface area contributed by atoms with Crippen molar-refractivity contribution in [3.8, 4) is 6.07 Å². The number of nitrogens with zero attached hydrogens (tertiary/aromatic N) is 7. The number of amides is 1. The maximum atomic E-state index is 13.1. The summed E-state index contributed by atoms with van der Waals surface area (Å²) in [4.78, 5) is 27.7. The molecule has 0 N–H and O–H groups in total. The summed E-state index contributed by atoms with van der Waals surface area (Å²) in [6, 6.07) is 7.52. The van der Waals surface area contributed by atoms with Gasteiger partial charge in [0.15, 0.2) is 0 Å². The molecule has 0 saturated carbocycles. The standard InChI is InChI=1S/C20H21N7O/c1-12-4-5-26(19(28)15-6-13(2)24-14(3)7-15)10-17(12)18-8-16(9-21)25-20-22-11-23-27(18)20/h6-8,11-12,17H,4-5,10H2,1-3H3/t12-,17-/m0/s1. The molecule has 3 aromatic heterocycles. The molecule has 0 bridgehead atoms. The van der Waals surface area contributed by atoms with E-state index in [0.717, 1.165) is 23.5 Å². The maximum Gasteiger partial charge on any atom is 0.254 e. The molecule has 142 valence electrons. The van der Waals surface area contributed by atoms with Crippen molar-refractivity contribution in [2.45, 2.75) is 33.1 Å². The van der Waals surface area contributed by atoms with E-state index >= 15 is 0 Å². The van der Waals surface area contributed by atoms with Crippen LogP contribution in [0.5, 0.6) is 0 Å². The average Bonchev–Trinajstić information content (AvgIpc) is 3.15. The molecule has 0 radical (unpaired) electrons. The van der Waals surface area contributed by atoms with Gasteiger partial charge in [-0.05, 0) is 44.4 Å². The Morgan fingerprint density at radius 3 is 2.68 bits per heavy atom. The Labute approximate surface area is 162 Å². The monoisotopic (exact) mass is 375 g/mol. The van der Waals surface area contributed by atoms with Crippen LogP contribution in [-0.4, -0.2) is 48.5 Å². The van der Waals surface area contributed by atoms with Crippen molar-refractivity contribution in [3.63, 3.8) is 0 Å². The van der Waals surface area contributed by atoms with Gasteiger partial charge in [-0.2, -0.15) is 15.3 Å². The van der Waals surface area contributed by atoms with Gasteiger partial charge in [0.2, 0.25) is 0 Å². The largest absolute Gasteiger partial charge is 0.338 e. The van der Waals surface area contributed by atoms with Gasteiger partial charge < -0.3 is 4.90 Å². The third kappa shape index (κ3) is 3.20. The first-order valence-electron chi connectivity index (χ1n) is 9.31. The molecule has 1 amide bonds. The zero-order chi connectivity index (χ0) is 19.8. The minimum absolute atomic E-state index is 0.00916. The fraction of sp³-hybridized carbons (Fsp3) is 0.400. The van der Waals surface area contributed by atoms with Crippen LogP contribution in [0.1, 0.15) is 52.4 Å². The molecule has 8 heteroatoms. The smallest absolute Gasteiger partial charge is 0.254 e. The van der Waals surface area contributed by atoms with Crippen molar-refractivity contribution in [2.24, 2.45) is 5.92 Å². The SMILES string of the molecule is Cc1cc(C(=O)N2CC[C@H](C)[C@@H](c3cc(C#N)nc4ncnn34)C2)cc(C)n1. The topological polar surface area (TPSA) is 100 Å². The van der Waals surface area contributed by atoms with Crippen molar-refractivity contribution in [2.75, 3.05) is 13.1 Å². The Balaban J connectivity index is 1.69. The van der Waals surface area contributed by atoms with Gasteiger partial charge >= 0.3 is 0 Å². The number of nitriles is 1. The number of carbonyl (C=O) groups excluding carboxylic acids is 1. The fourth-order valence-corrected chi connectivity index (χ4v) is 3.94. The average molecular weight is 375 g/mol. The van der Waals surface area contributed by atoms with E-state index in [1.807, 2.05) is 30.9 Å². The van der Waals surface area contributed by atoms with E-state index < -0.39 is 0 Å². The molecular formula is C20H21N7O. The summed E-state index contributed by atoms with van der Waals surface area (Å²) in [5.74, 6) is 0.798. The van der Waals surface area contributed by atoms with Crippen LogP contribution in [0, 0.1) is 31.1 Å². The quantitative estimate of drug-likeness (QED) is 0.681. The highest BCUT2D eigenvalue weighted by molar-refractivity contribution is 5.94. The van der Waals surface area contributed by atoms with Gasteiger partial charge in [-0.1, -0.05) is 6.92 Å². The summed E-state index contributed by atoms with van der Waals surface area (Å²) in [5.41, 5.74) is 3.51. The summed E-state index contributed by atoms with van der Waals surface area (Å²) in [5, 5.41) is 13.6. The number of pyridine rings is 1. The van der Waals surface area contributed by atoms with E-state index in [-0.39, 0.29) is 11.8 Å². The molecule has 3 aromatic rings. The molecular weight excluding hydrogens is 354 g/mol. The van der Waals surface area contributed by atoms with Crippen molar-refractivity contribution in [3.05, 3.63) is 52.9 Å². The Morgan fingerprint density at radius 2 is 1.96 bits per heavy atom. The number of piperidine rings is 1. The summed E-state index contributed by atoms with van der Waals surface area (Å²) in [6.07, 6.45) is 2.31. The highest BCUT2D eigenvalue weighted by Crippen LogP contribution is 2.33. The van der Waals surface area contributed by atoms with E-state index in [4.69, 9.17) is 0 Å². The minimum atomic E-state index is 0.00916. The number of fused-ring (bicyclic) bond motifs is 1. The summed E-state index contributed by atoms with van der Waals surface area (Å²) >= 11 is 0. The van der Waals surface area contributed by atoms with Gasteiger partial charge in [-0.15, -0.1) is 0 Å². The molecule has 1 aliphatic rings. The van der Waals surface area contributed by atoms with Crippen molar-refractivity contribution < 1.29 is 4.79 Å². The number of carbonyl (C=O) groups is 1. The van der Waals surface area contributed by atoms with Crippen molar-refractivity contribution >= 4 is 11.7 Å². The van der Waals surface area contributed by atoms with Gasteiger partial charge in [0.05, 0.1) is 5.69 Å². The second kappa shape index (κ2) is 7.00. The normalized spacial score (nSPS) is 19.6. The first-order valence-corrected chi connectivity index (χ1v) is 9.31. The van der Waals surface area contributed by atoms with Crippen LogP contribution in [0.3, 0.4) is 0 Å². The number of hydrogen-bond donors (Lipinski definition) is 0. The van der Waals surface area contributed by atoms with Crippen LogP contribution >= 0.6 is 0 Å². The Bertz CT molecular complexity index is 1080. The Morgan fingerprint density at radius 1 is 1.21 bits per heavy atom. The van der Waals surface area contributed by atoms with Gasteiger partial charge in [0.25, 0.3) is 11.7 Å². The van der Waals surface area contributed by atoms with Gasteiger partial charge in [0, 0.05) is 36.0 Å². The number of aryl methyl sites for hydroxylation is 2. The van der Waals surface area contributed by atoms with E-state index in [2.05, 4.69) is 33.0 Å². The predicted octanol–water partition coefficient (Wildman–Crippen LogP) is 2.27. The van der Waals surface area contributed by atoms with Crippen LogP contribution in [0.2, 0.25) is 0 Å². The third-order valence-corrected chi connectivity index (χ3v) is 5.35. The van der Waals surface area contributed by atoms with E-state index in [1.54, 1.807) is 10.6 Å². The number of aromatic nitrogens is 5. The zero-order valence-corrected chi connectivity index (χ0v) is 16.1. The molecule has 8 nitrogen and oxygen atoms in total. The molecule has 28 heavy (non-hydrogen) atoms. The third-order valence-electron chi connectivity index (χ3n) is 5.35. The molecule has 0 aromatic carbocycles. The fourth-order valence-electron chi connectivity index (χ4n) is 3.94. The van der Waals surface area contributed by atoms with E-state index in [9.17, 15) is 10.1 Å². The lowest BCUT2D eigenvalue weighted by molar-refractivity contribution is 0.0665. The van der Waals surface area contributed by atoms with Gasteiger partial charge in [-0.3, -0.25) is 9.78 Å². The van der Waals surface area contributed by atoms with E-state index in [1.165, 1.54) is 6.33 Å². The highest BCUT2D eigenvalue weighted by Gasteiger charge is 2.32. The molecule has 0 spiro atoms. The lowest BCUT2D eigenvalue weighted by atomic mass is 9.84. The highest BCUT2D eigenvalue weighted by atomic mass is 16.2. The van der Waals surface area contributed by atoms with Crippen molar-refractivity contribution in [1.29, 1.82) is 5.26 Å². The second-order valence-electron chi connectivity index (χ2n) is 7.41.